The molecular weight excluding hydrogens is 214 g/mol. The summed E-state index contributed by atoms with van der Waals surface area (Å²) < 4.78 is 0. The van der Waals surface area contributed by atoms with Gasteiger partial charge in [0.05, 0.1) is 19.1 Å². The van der Waals surface area contributed by atoms with E-state index in [9.17, 15) is 0 Å². The van der Waals surface area contributed by atoms with Crippen LogP contribution >= 0.6 is 0 Å². The maximum Gasteiger partial charge on any atom is 0.275 e. The Morgan fingerprint density at radius 3 is 2.82 bits per heavy atom. The van der Waals surface area contributed by atoms with Gasteiger partial charge in [0.25, 0.3) is 13.1 Å². The Hall–Kier alpha value is -0.590. The first-order valence-corrected chi connectivity index (χ1v) is 6.65. The minimum Gasteiger partial charge on any atom is -0.237 e. The summed E-state index contributed by atoms with van der Waals surface area (Å²) in [4.78, 5) is 14.4. The molecule has 3 nitrogen and oxygen atoms in total. The zero-order valence-electron chi connectivity index (χ0n) is 11.7. The van der Waals surface area contributed by atoms with Crippen LogP contribution in [0.2, 0.25) is 0 Å². The van der Waals surface area contributed by atoms with Gasteiger partial charge in [-0.2, -0.15) is 0 Å². The molecule has 0 spiro atoms. The van der Waals surface area contributed by atoms with Crippen molar-refractivity contribution in [2.24, 2.45) is 17.3 Å². The van der Waals surface area contributed by atoms with Gasteiger partial charge in [-0.25, -0.2) is 9.78 Å². The minimum absolute atomic E-state index is 0.248. The molecule has 1 heterocycles. The second-order valence-electron chi connectivity index (χ2n) is 5.75. The lowest BCUT2D eigenvalue weighted by atomic mass is 9.71. The van der Waals surface area contributed by atoms with Gasteiger partial charge in [-0.1, -0.05) is 25.1 Å². The third-order valence-electron chi connectivity index (χ3n) is 3.67. The molecule has 0 aliphatic carbocycles. The van der Waals surface area contributed by atoms with Crippen LogP contribution in [0.4, 0.5) is 0 Å². The second kappa shape index (κ2) is 6.98. The smallest absolute Gasteiger partial charge is 0.237 e. The molecule has 17 heavy (non-hydrogen) atoms. The monoisotopic (exact) mass is 240 g/mol. The maximum absolute atomic E-state index is 5.27. The van der Waals surface area contributed by atoms with Gasteiger partial charge in [0, 0.05) is 0 Å². The summed E-state index contributed by atoms with van der Waals surface area (Å²) in [5.41, 5.74) is 0.248. The van der Waals surface area contributed by atoms with E-state index in [2.05, 4.69) is 31.7 Å². The molecule has 0 N–H and O–H groups in total. The van der Waals surface area contributed by atoms with E-state index < -0.39 is 0 Å². The molecule has 0 bridgehead atoms. The highest BCUT2D eigenvalue weighted by Gasteiger charge is 2.32. The maximum atomic E-state index is 5.27. The Kier molecular flexibility index (Phi) is 5.94. The number of hydrogen-bond acceptors (Lipinski definition) is 2. The van der Waals surface area contributed by atoms with Crippen LogP contribution < -0.4 is 0 Å². The van der Waals surface area contributed by atoms with E-state index in [4.69, 9.17) is 9.78 Å². The molecule has 3 heteroatoms. The van der Waals surface area contributed by atoms with Crippen molar-refractivity contribution in [1.82, 2.24) is 0 Å². The summed E-state index contributed by atoms with van der Waals surface area (Å²) >= 11 is 0. The molecule has 0 aromatic rings. The van der Waals surface area contributed by atoms with Crippen molar-refractivity contribution >= 4 is 0 Å². The van der Waals surface area contributed by atoms with E-state index in [0.717, 1.165) is 19.4 Å². The largest absolute Gasteiger partial charge is 0.275 e. The predicted octanol–water partition coefficient (Wildman–Crippen LogP) is 3.75. The van der Waals surface area contributed by atoms with Crippen LogP contribution in [0.3, 0.4) is 0 Å². The fourth-order valence-corrected chi connectivity index (χ4v) is 2.66. The van der Waals surface area contributed by atoms with Crippen molar-refractivity contribution in [3.05, 3.63) is 4.85 Å². The predicted molar refractivity (Wildman–Crippen MR) is 70.0 cm³/mol. The van der Waals surface area contributed by atoms with Gasteiger partial charge in [0.15, 0.2) is 0 Å². The molecule has 1 aliphatic rings. The molecule has 0 aromatic carbocycles. The first-order chi connectivity index (χ1) is 8.06. The van der Waals surface area contributed by atoms with Crippen LogP contribution in [0.15, 0.2) is 0 Å². The van der Waals surface area contributed by atoms with E-state index in [1.165, 1.54) is 12.8 Å². The third-order valence-corrected chi connectivity index (χ3v) is 3.67. The lowest BCUT2D eigenvalue weighted by Crippen LogP contribution is -2.31. The highest BCUT2D eigenvalue weighted by molar-refractivity contribution is 4.93. The molecule has 2 atom stereocenters. The normalized spacial score (nSPS) is 24.1. The summed E-state index contributed by atoms with van der Waals surface area (Å²) in [6, 6.07) is 3.12. The SMILES string of the molecule is C[N+]#CC(C)CC(C)(C)C1CCCCOOC1. The first-order valence-electron chi connectivity index (χ1n) is 6.65. The fourth-order valence-electron chi connectivity index (χ4n) is 2.66. The van der Waals surface area contributed by atoms with Gasteiger partial charge in [-0.05, 0) is 37.5 Å². The van der Waals surface area contributed by atoms with Crippen LogP contribution in [0.1, 0.15) is 46.5 Å². The van der Waals surface area contributed by atoms with Gasteiger partial charge >= 0.3 is 0 Å². The van der Waals surface area contributed by atoms with Crippen LogP contribution in [-0.4, -0.2) is 20.3 Å². The van der Waals surface area contributed by atoms with E-state index in [1.807, 2.05) is 0 Å². The highest BCUT2D eigenvalue weighted by atomic mass is 17.2. The quantitative estimate of drug-likeness (QED) is 0.701. The molecule has 0 aromatic heterocycles. The molecule has 0 saturated carbocycles. The molecule has 1 fully saturated rings. The summed E-state index contributed by atoms with van der Waals surface area (Å²) in [6.45, 7) is 8.25. The Balaban J connectivity index is 2.55. The molecule has 2 unspecified atom stereocenters. The summed E-state index contributed by atoms with van der Waals surface area (Å²) in [6.07, 6.45) is 4.66. The lowest BCUT2D eigenvalue weighted by Gasteiger charge is -2.35. The molecule has 1 saturated heterocycles. The fraction of sp³-hybridized carbons (Fsp3) is 0.929. The summed E-state index contributed by atoms with van der Waals surface area (Å²) in [5.74, 6) is 0.963. The van der Waals surface area contributed by atoms with Gasteiger partial charge < -0.3 is 0 Å². The van der Waals surface area contributed by atoms with Crippen molar-refractivity contribution in [2.75, 3.05) is 20.3 Å². The van der Waals surface area contributed by atoms with Crippen molar-refractivity contribution < 1.29 is 9.78 Å². The van der Waals surface area contributed by atoms with Crippen LogP contribution in [0.5, 0.6) is 0 Å². The van der Waals surface area contributed by atoms with Gasteiger partial charge in [0.1, 0.15) is 0 Å². The van der Waals surface area contributed by atoms with Crippen LogP contribution in [-0.2, 0) is 9.78 Å². The molecule has 1 rings (SSSR count). The third kappa shape index (κ3) is 5.06. The van der Waals surface area contributed by atoms with Gasteiger partial charge in [-0.3, -0.25) is 0 Å². The lowest BCUT2D eigenvalue weighted by molar-refractivity contribution is -0.310. The van der Waals surface area contributed by atoms with E-state index in [-0.39, 0.29) is 5.41 Å². The topological polar surface area (TPSA) is 22.8 Å². The van der Waals surface area contributed by atoms with Crippen molar-refractivity contribution in [1.29, 1.82) is 0 Å². The summed E-state index contributed by atoms with van der Waals surface area (Å²) in [7, 11) is 1.79. The standard InChI is InChI=1S/C14H26NO2/c1-12(10-15-4)9-14(2,3)13-7-5-6-8-16-17-11-13/h12-13H,5-9,11H2,1-4H3/q+1. The Morgan fingerprint density at radius 1 is 1.35 bits per heavy atom. The number of hydrogen-bond donors (Lipinski definition) is 0. The molecule has 0 amide bonds. The van der Waals surface area contributed by atoms with Crippen molar-refractivity contribution in [3.8, 4) is 6.07 Å². The Morgan fingerprint density at radius 2 is 2.12 bits per heavy atom. The van der Waals surface area contributed by atoms with E-state index >= 15 is 0 Å². The highest BCUT2D eigenvalue weighted by Crippen LogP contribution is 2.37. The minimum atomic E-state index is 0.248. The molecular formula is C14H26NO2+. The Labute approximate surface area is 105 Å². The molecule has 98 valence electrons. The second-order valence-corrected chi connectivity index (χ2v) is 5.75. The van der Waals surface area contributed by atoms with E-state index in [1.54, 1.807) is 7.05 Å². The van der Waals surface area contributed by atoms with Gasteiger partial charge in [-0.15, -0.1) is 0 Å². The number of rotatable bonds is 3. The Bertz CT molecular complexity index is 270. The average Bonchev–Trinajstić information content (AvgIpc) is 2.14. The zero-order valence-corrected chi connectivity index (χ0v) is 11.7. The van der Waals surface area contributed by atoms with E-state index in [0.29, 0.717) is 18.4 Å². The van der Waals surface area contributed by atoms with Crippen LogP contribution in [0, 0.1) is 23.3 Å². The van der Waals surface area contributed by atoms with Crippen molar-refractivity contribution in [3.63, 3.8) is 0 Å². The number of nitrogens with zero attached hydrogens (tertiary/aromatic N) is 1. The van der Waals surface area contributed by atoms with Gasteiger partial charge in [0.2, 0.25) is 0 Å². The first kappa shape index (κ1) is 14.5. The average molecular weight is 240 g/mol. The molecule has 1 aliphatic heterocycles. The van der Waals surface area contributed by atoms with Crippen molar-refractivity contribution in [2.45, 2.75) is 46.5 Å². The van der Waals surface area contributed by atoms with Crippen LogP contribution in [0.25, 0.3) is 4.85 Å². The summed E-state index contributed by atoms with van der Waals surface area (Å²) in [5, 5.41) is 0. The zero-order chi connectivity index (χ0) is 12.7. The molecule has 0 radical (unpaired) electrons.